The Labute approximate surface area is 173 Å². The van der Waals surface area contributed by atoms with E-state index in [-0.39, 0.29) is 6.10 Å². The summed E-state index contributed by atoms with van der Waals surface area (Å²) in [5, 5.41) is 6.72. The van der Waals surface area contributed by atoms with E-state index < -0.39 is 0 Å². The van der Waals surface area contributed by atoms with E-state index in [1.54, 1.807) is 7.11 Å². The summed E-state index contributed by atoms with van der Waals surface area (Å²) in [5.74, 6) is 2.52. The van der Waals surface area contributed by atoms with E-state index in [4.69, 9.17) is 19.2 Å². The standard InChI is InChI=1S/C23H31N3O3/c1-4-24-23(25-14-18-7-5-6-8-21(18)27-3)26-15-19-10-9-17(2)13-22(19)29-20-11-12-28-16-20/h5-10,13,20H,4,11-12,14-16H2,1-3H3,(H2,24,25,26). The molecular formula is C23H31N3O3. The van der Waals surface area contributed by atoms with Gasteiger partial charge in [-0.1, -0.05) is 30.3 Å². The van der Waals surface area contributed by atoms with Gasteiger partial charge in [0.25, 0.3) is 0 Å². The van der Waals surface area contributed by atoms with E-state index in [2.05, 4.69) is 42.7 Å². The molecule has 1 aliphatic rings. The SMILES string of the molecule is CCNC(=NCc1ccccc1OC)NCc1ccc(C)cc1OC1CCOC1. The molecule has 0 aromatic heterocycles. The lowest BCUT2D eigenvalue weighted by molar-refractivity contribution is 0.140. The van der Waals surface area contributed by atoms with Gasteiger partial charge in [0.1, 0.15) is 17.6 Å². The second-order valence-electron chi connectivity index (χ2n) is 7.08. The van der Waals surface area contributed by atoms with Gasteiger partial charge in [-0.05, 0) is 31.5 Å². The lowest BCUT2D eigenvalue weighted by Gasteiger charge is -2.18. The molecular weight excluding hydrogens is 366 g/mol. The second kappa shape index (κ2) is 10.7. The monoisotopic (exact) mass is 397 g/mol. The van der Waals surface area contributed by atoms with Gasteiger partial charge < -0.3 is 24.8 Å². The first-order valence-electron chi connectivity index (χ1n) is 10.2. The molecule has 29 heavy (non-hydrogen) atoms. The third kappa shape index (κ3) is 6.12. The van der Waals surface area contributed by atoms with E-state index in [0.717, 1.165) is 48.2 Å². The van der Waals surface area contributed by atoms with Gasteiger partial charge in [0, 0.05) is 30.6 Å². The van der Waals surface area contributed by atoms with Crippen molar-refractivity contribution in [3.63, 3.8) is 0 Å². The number of hydrogen-bond donors (Lipinski definition) is 2. The highest BCUT2D eigenvalue weighted by molar-refractivity contribution is 5.79. The smallest absolute Gasteiger partial charge is 0.191 e. The molecule has 1 unspecified atom stereocenters. The van der Waals surface area contributed by atoms with Crippen LogP contribution in [0.2, 0.25) is 0 Å². The van der Waals surface area contributed by atoms with Crippen LogP contribution in [-0.4, -0.2) is 38.9 Å². The number of hydrogen-bond acceptors (Lipinski definition) is 4. The van der Waals surface area contributed by atoms with Crippen LogP contribution in [0.4, 0.5) is 0 Å². The number of guanidine groups is 1. The molecule has 0 bridgehead atoms. The number of aliphatic imine (C=N–C) groups is 1. The topological polar surface area (TPSA) is 64.1 Å². The maximum absolute atomic E-state index is 6.20. The number of nitrogens with zero attached hydrogens (tertiary/aromatic N) is 1. The predicted octanol–water partition coefficient (Wildman–Crippen LogP) is 3.43. The van der Waals surface area contributed by atoms with Gasteiger partial charge in [-0.25, -0.2) is 4.99 Å². The molecule has 156 valence electrons. The van der Waals surface area contributed by atoms with Gasteiger partial charge >= 0.3 is 0 Å². The Kier molecular flexibility index (Phi) is 7.76. The Morgan fingerprint density at radius 2 is 2.00 bits per heavy atom. The molecule has 0 radical (unpaired) electrons. The van der Waals surface area contributed by atoms with Crippen LogP contribution >= 0.6 is 0 Å². The third-order valence-corrected chi connectivity index (χ3v) is 4.79. The molecule has 0 spiro atoms. The molecule has 1 saturated heterocycles. The van der Waals surface area contributed by atoms with Gasteiger partial charge in [-0.2, -0.15) is 0 Å². The summed E-state index contributed by atoms with van der Waals surface area (Å²) in [6, 6.07) is 14.2. The Bertz CT molecular complexity index is 817. The molecule has 2 aromatic carbocycles. The molecule has 1 fully saturated rings. The van der Waals surface area contributed by atoms with Crippen LogP contribution in [0.15, 0.2) is 47.5 Å². The van der Waals surface area contributed by atoms with E-state index in [1.165, 1.54) is 5.56 Å². The van der Waals surface area contributed by atoms with Crippen molar-refractivity contribution in [3.8, 4) is 11.5 Å². The van der Waals surface area contributed by atoms with Gasteiger partial charge in [0.15, 0.2) is 5.96 Å². The minimum Gasteiger partial charge on any atom is -0.496 e. The summed E-state index contributed by atoms with van der Waals surface area (Å²) in [4.78, 5) is 4.71. The highest BCUT2D eigenvalue weighted by atomic mass is 16.5. The normalized spacial score (nSPS) is 16.5. The average molecular weight is 398 g/mol. The van der Waals surface area contributed by atoms with Crippen LogP contribution in [0.1, 0.15) is 30.0 Å². The predicted molar refractivity (Wildman–Crippen MR) is 116 cm³/mol. The zero-order valence-electron chi connectivity index (χ0n) is 17.5. The molecule has 0 amide bonds. The molecule has 3 rings (SSSR count). The Balaban J connectivity index is 1.68. The van der Waals surface area contributed by atoms with Crippen LogP contribution in [-0.2, 0) is 17.8 Å². The van der Waals surface area contributed by atoms with E-state index in [0.29, 0.717) is 19.7 Å². The summed E-state index contributed by atoms with van der Waals surface area (Å²) in [5.41, 5.74) is 3.33. The molecule has 6 nitrogen and oxygen atoms in total. The molecule has 0 saturated carbocycles. The highest BCUT2D eigenvalue weighted by Gasteiger charge is 2.18. The van der Waals surface area contributed by atoms with Gasteiger partial charge in [-0.3, -0.25) is 0 Å². The molecule has 2 aromatic rings. The fourth-order valence-electron chi connectivity index (χ4n) is 3.22. The zero-order chi connectivity index (χ0) is 20.5. The lowest BCUT2D eigenvalue weighted by Crippen LogP contribution is -2.37. The number of benzene rings is 2. The second-order valence-corrected chi connectivity index (χ2v) is 7.08. The molecule has 1 atom stereocenters. The van der Waals surface area contributed by atoms with Crippen molar-refractivity contribution >= 4 is 5.96 Å². The van der Waals surface area contributed by atoms with E-state index in [9.17, 15) is 0 Å². The minimum absolute atomic E-state index is 0.128. The summed E-state index contributed by atoms with van der Waals surface area (Å²) in [6.07, 6.45) is 1.06. The Morgan fingerprint density at radius 1 is 1.14 bits per heavy atom. The van der Waals surface area contributed by atoms with Crippen molar-refractivity contribution in [2.45, 2.75) is 39.5 Å². The number of nitrogens with one attached hydrogen (secondary N) is 2. The highest BCUT2D eigenvalue weighted by Crippen LogP contribution is 2.24. The van der Waals surface area contributed by atoms with E-state index >= 15 is 0 Å². The van der Waals surface area contributed by atoms with Gasteiger partial charge in [0.05, 0.1) is 26.9 Å². The van der Waals surface area contributed by atoms with Crippen LogP contribution in [0.3, 0.4) is 0 Å². The molecule has 0 aliphatic carbocycles. The first-order valence-corrected chi connectivity index (χ1v) is 10.2. The van der Waals surface area contributed by atoms with Crippen molar-refractivity contribution in [1.29, 1.82) is 0 Å². The number of methoxy groups -OCH3 is 1. The molecule has 6 heteroatoms. The first kappa shape index (κ1) is 21.0. The van der Waals surface area contributed by atoms with Crippen molar-refractivity contribution in [2.75, 3.05) is 26.9 Å². The maximum Gasteiger partial charge on any atom is 0.191 e. The summed E-state index contributed by atoms with van der Waals surface area (Å²) < 4.78 is 17.1. The number of aryl methyl sites for hydroxylation is 1. The fourth-order valence-corrected chi connectivity index (χ4v) is 3.22. The van der Waals surface area contributed by atoms with Crippen molar-refractivity contribution in [1.82, 2.24) is 10.6 Å². The van der Waals surface area contributed by atoms with Crippen molar-refractivity contribution in [3.05, 3.63) is 59.2 Å². The molecule has 1 heterocycles. The van der Waals surface area contributed by atoms with Crippen LogP contribution < -0.4 is 20.1 Å². The maximum atomic E-state index is 6.20. The quantitative estimate of drug-likeness (QED) is 0.528. The van der Waals surface area contributed by atoms with Crippen molar-refractivity contribution in [2.24, 2.45) is 4.99 Å². The lowest BCUT2D eigenvalue weighted by atomic mass is 10.1. The number of rotatable bonds is 8. The van der Waals surface area contributed by atoms with Crippen molar-refractivity contribution < 1.29 is 14.2 Å². The minimum atomic E-state index is 0.128. The molecule has 1 aliphatic heterocycles. The Morgan fingerprint density at radius 3 is 2.76 bits per heavy atom. The zero-order valence-corrected chi connectivity index (χ0v) is 17.5. The first-order chi connectivity index (χ1) is 14.2. The van der Waals surface area contributed by atoms with E-state index in [1.807, 2.05) is 24.3 Å². The fraction of sp³-hybridized carbons (Fsp3) is 0.435. The van der Waals surface area contributed by atoms with Gasteiger partial charge in [0.2, 0.25) is 0 Å². The largest absolute Gasteiger partial charge is 0.496 e. The van der Waals surface area contributed by atoms with Crippen LogP contribution in [0.5, 0.6) is 11.5 Å². The summed E-state index contributed by atoms with van der Waals surface area (Å²) in [6.45, 7) is 7.51. The third-order valence-electron chi connectivity index (χ3n) is 4.79. The number of ether oxygens (including phenoxy) is 3. The van der Waals surface area contributed by atoms with Gasteiger partial charge in [-0.15, -0.1) is 0 Å². The summed E-state index contributed by atoms with van der Waals surface area (Å²) in [7, 11) is 1.68. The summed E-state index contributed by atoms with van der Waals surface area (Å²) >= 11 is 0. The van der Waals surface area contributed by atoms with Crippen LogP contribution in [0, 0.1) is 6.92 Å². The molecule has 2 N–H and O–H groups in total. The Hall–Kier alpha value is -2.73. The number of para-hydroxylation sites is 1. The van der Waals surface area contributed by atoms with Crippen LogP contribution in [0.25, 0.3) is 0 Å². The average Bonchev–Trinajstić information content (AvgIpc) is 3.24.